The van der Waals surface area contributed by atoms with Crippen LogP contribution in [0.4, 0.5) is 0 Å². The van der Waals surface area contributed by atoms with Gasteiger partial charge in [0.2, 0.25) is 0 Å². The second-order valence-corrected chi connectivity index (χ2v) is 3.15. The predicted octanol–water partition coefficient (Wildman–Crippen LogP) is 1.93. The van der Waals surface area contributed by atoms with Crippen LogP contribution in [0.1, 0.15) is 6.93 Å². The Hall–Kier alpha value is -1.22. The molecule has 1 N–H and O–H groups in total. The Labute approximate surface area is 88.7 Å². The number of benzene rings is 1. The van der Waals surface area contributed by atoms with Crippen LogP contribution in [0.15, 0.2) is 24.3 Å². The van der Waals surface area contributed by atoms with E-state index in [4.69, 9.17) is 22.8 Å². The molecule has 0 amide bonds. The van der Waals surface area contributed by atoms with Gasteiger partial charge in [-0.05, 0) is 11.6 Å². The van der Waals surface area contributed by atoms with Crippen LogP contribution in [0, 0.1) is 0 Å². The zero-order valence-electron chi connectivity index (χ0n) is 8.66. The van der Waals surface area contributed by atoms with Crippen molar-refractivity contribution in [1.82, 2.24) is 0 Å². The monoisotopic (exact) mass is 215 g/mol. The molecule has 0 spiro atoms. The summed E-state index contributed by atoms with van der Waals surface area (Å²) in [6, 6.07) is 6.90. The minimum absolute atomic E-state index is 0.103. The highest BCUT2D eigenvalue weighted by Crippen LogP contribution is 2.20. The highest BCUT2D eigenvalue weighted by molar-refractivity contribution is 6.29. The van der Waals surface area contributed by atoms with E-state index in [1.54, 1.807) is 24.3 Å². The molecule has 1 aromatic rings. The van der Waals surface area contributed by atoms with Gasteiger partial charge in [0.1, 0.15) is 11.1 Å². The zero-order chi connectivity index (χ0) is 11.5. The van der Waals surface area contributed by atoms with E-state index in [-0.39, 0.29) is 6.42 Å². The predicted molar refractivity (Wildman–Crippen MR) is 54.0 cm³/mol. The lowest BCUT2D eigenvalue weighted by molar-refractivity contribution is -0.136. The van der Waals surface area contributed by atoms with Gasteiger partial charge in [-0.2, -0.15) is 0 Å². The van der Waals surface area contributed by atoms with Crippen LogP contribution in [-0.4, -0.2) is 23.5 Å². The molecule has 0 aliphatic carbocycles. The van der Waals surface area contributed by atoms with Crippen LogP contribution >= 0.6 is 11.6 Å². The van der Waals surface area contributed by atoms with Crippen molar-refractivity contribution in [1.29, 1.82) is 0 Å². The van der Waals surface area contributed by atoms with Crippen LogP contribution in [-0.2, 0) is 11.2 Å². The number of methoxy groups -OCH3 is 1. The fraction of sp³-hybridized carbons (Fsp3) is 0.300. The van der Waals surface area contributed by atoms with Gasteiger partial charge in [0.15, 0.2) is 0 Å². The Morgan fingerprint density at radius 1 is 1.71 bits per heavy atom. The highest BCUT2D eigenvalue weighted by atomic mass is 35.5. The molecule has 0 unspecified atom stereocenters. The van der Waals surface area contributed by atoms with Gasteiger partial charge >= 0.3 is 5.97 Å². The van der Waals surface area contributed by atoms with E-state index in [1.165, 1.54) is 7.11 Å². The largest absolute Gasteiger partial charge is 0.496 e. The molecule has 0 aliphatic rings. The van der Waals surface area contributed by atoms with Crippen molar-refractivity contribution in [3.63, 3.8) is 0 Å². The third-order valence-electron chi connectivity index (χ3n) is 1.77. The van der Waals surface area contributed by atoms with Gasteiger partial charge in [-0.15, -0.1) is 11.6 Å². The number of para-hydroxylation sites is 1. The van der Waals surface area contributed by atoms with Gasteiger partial charge in [-0.1, -0.05) is 18.2 Å². The van der Waals surface area contributed by atoms with Crippen molar-refractivity contribution in [2.45, 2.75) is 11.8 Å². The Kier molecular flexibility index (Phi) is 3.24. The lowest BCUT2D eigenvalue weighted by Gasteiger charge is -2.09. The molecular weight excluding hydrogens is 204 g/mol. The van der Waals surface area contributed by atoms with Gasteiger partial charge in [0, 0.05) is 6.42 Å². The van der Waals surface area contributed by atoms with Crippen LogP contribution in [0.2, 0.25) is 0 Å². The van der Waals surface area contributed by atoms with Crippen LogP contribution < -0.4 is 4.74 Å². The lowest BCUT2D eigenvalue weighted by Crippen LogP contribution is -2.16. The normalized spacial score (nSPS) is 15.4. The van der Waals surface area contributed by atoms with Crippen LogP contribution in [0.3, 0.4) is 0 Å². The van der Waals surface area contributed by atoms with Crippen molar-refractivity contribution in [3.8, 4) is 5.75 Å². The summed E-state index contributed by atoms with van der Waals surface area (Å²) in [6.07, 6.45) is -0.103. The molecule has 3 nitrogen and oxygen atoms in total. The topological polar surface area (TPSA) is 46.5 Å². The van der Waals surface area contributed by atoms with Crippen molar-refractivity contribution < 1.29 is 16.0 Å². The second-order valence-electron chi connectivity index (χ2n) is 2.70. The number of rotatable bonds is 4. The number of ether oxygens (including phenoxy) is 1. The summed E-state index contributed by atoms with van der Waals surface area (Å²) in [5.41, 5.74) is 0.604. The first kappa shape index (κ1) is 9.34. The SMILES string of the molecule is [2H][C@@](Cl)(Cc1ccccc1OC)C(=O)O. The van der Waals surface area contributed by atoms with Gasteiger partial charge in [0.25, 0.3) is 0 Å². The number of carboxylic acid groups (broad SMARTS) is 1. The maximum Gasteiger partial charge on any atom is 0.321 e. The number of halogens is 1. The van der Waals surface area contributed by atoms with Gasteiger partial charge in [-0.3, -0.25) is 4.79 Å². The smallest absolute Gasteiger partial charge is 0.321 e. The number of hydrogen-bond donors (Lipinski definition) is 1. The Balaban J connectivity index is 2.94. The first-order valence-electron chi connectivity index (χ1n) is 4.51. The molecule has 0 heterocycles. The number of carbonyl (C=O) groups is 1. The fourth-order valence-electron chi connectivity index (χ4n) is 1.09. The van der Waals surface area contributed by atoms with Gasteiger partial charge in [0.05, 0.1) is 8.48 Å². The van der Waals surface area contributed by atoms with E-state index in [9.17, 15) is 4.79 Å². The molecule has 4 heteroatoms. The number of aliphatic carboxylic acids is 1. The van der Waals surface area contributed by atoms with E-state index in [2.05, 4.69) is 0 Å². The standard InChI is InChI=1S/C10H11ClO3/c1-14-9-5-3-2-4-7(9)6-8(11)10(12)13/h2-5,8H,6H2,1H3,(H,12,13)/t8-/m1/s1/i8D. The van der Waals surface area contributed by atoms with E-state index < -0.39 is 11.3 Å². The van der Waals surface area contributed by atoms with Gasteiger partial charge < -0.3 is 9.84 Å². The van der Waals surface area contributed by atoms with E-state index in [0.29, 0.717) is 11.3 Å². The fourth-order valence-corrected chi connectivity index (χ4v) is 1.24. The summed E-state index contributed by atoms with van der Waals surface area (Å²) in [7, 11) is 1.49. The summed E-state index contributed by atoms with van der Waals surface area (Å²) in [6.45, 7) is 0. The molecule has 0 aliphatic heterocycles. The van der Waals surface area contributed by atoms with E-state index in [1.807, 2.05) is 0 Å². The third kappa shape index (κ3) is 2.64. The molecule has 14 heavy (non-hydrogen) atoms. The maximum atomic E-state index is 10.7. The third-order valence-corrected chi connectivity index (χ3v) is 2.07. The molecule has 1 atom stereocenters. The first-order valence-corrected chi connectivity index (χ1v) is 4.39. The summed E-state index contributed by atoms with van der Waals surface area (Å²) < 4.78 is 12.4. The second kappa shape index (κ2) is 4.86. The average Bonchev–Trinajstić information content (AvgIpc) is 2.18. The average molecular weight is 216 g/mol. The number of hydrogen-bond acceptors (Lipinski definition) is 2. The lowest BCUT2D eigenvalue weighted by atomic mass is 10.1. The van der Waals surface area contributed by atoms with Crippen molar-refractivity contribution in [3.05, 3.63) is 29.8 Å². The molecule has 76 valence electrons. The zero-order valence-corrected chi connectivity index (χ0v) is 8.41. The summed E-state index contributed by atoms with van der Waals surface area (Å²) in [4.78, 5) is 10.7. The molecule has 0 saturated carbocycles. The minimum atomic E-state index is -2.05. The molecule has 1 aromatic carbocycles. The molecular formula is C10H11ClO3. The molecule has 0 radical (unpaired) electrons. The Morgan fingerprint density at radius 2 is 2.36 bits per heavy atom. The molecule has 1 rings (SSSR count). The Bertz CT molecular complexity index is 365. The summed E-state index contributed by atoms with van der Waals surface area (Å²) in [5.74, 6) is -0.828. The Morgan fingerprint density at radius 3 is 2.93 bits per heavy atom. The van der Waals surface area contributed by atoms with E-state index >= 15 is 0 Å². The summed E-state index contributed by atoms with van der Waals surface area (Å²) >= 11 is 5.55. The van der Waals surface area contributed by atoms with E-state index in [0.717, 1.165) is 0 Å². The van der Waals surface area contributed by atoms with Crippen molar-refractivity contribution in [2.75, 3.05) is 7.11 Å². The van der Waals surface area contributed by atoms with Crippen LogP contribution in [0.25, 0.3) is 0 Å². The first-order chi connectivity index (χ1) is 6.97. The molecule has 0 bridgehead atoms. The van der Waals surface area contributed by atoms with Crippen LogP contribution in [0.5, 0.6) is 5.75 Å². The van der Waals surface area contributed by atoms with Crippen molar-refractivity contribution in [2.24, 2.45) is 0 Å². The molecule has 0 fully saturated rings. The molecule has 0 aromatic heterocycles. The maximum absolute atomic E-state index is 10.7. The minimum Gasteiger partial charge on any atom is -0.496 e. The highest BCUT2D eigenvalue weighted by Gasteiger charge is 2.16. The van der Waals surface area contributed by atoms with Crippen molar-refractivity contribution >= 4 is 17.6 Å². The quantitative estimate of drug-likeness (QED) is 0.781. The summed E-state index contributed by atoms with van der Waals surface area (Å²) in [5, 5.41) is 6.66. The molecule has 0 saturated heterocycles. The number of alkyl halides is 1. The van der Waals surface area contributed by atoms with Gasteiger partial charge in [-0.25, -0.2) is 0 Å². The number of carboxylic acids is 1.